The lowest BCUT2D eigenvalue weighted by molar-refractivity contribution is -0.152. The molecule has 0 saturated heterocycles. The van der Waals surface area contributed by atoms with Crippen LogP contribution in [0.4, 0.5) is 0 Å². The molecule has 2 aromatic rings. The lowest BCUT2D eigenvalue weighted by atomic mass is 9.84. The van der Waals surface area contributed by atoms with Crippen LogP contribution in [0, 0.1) is 0 Å². The van der Waals surface area contributed by atoms with Gasteiger partial charge >= 0.3 is 5.97 Å². The Morgan fingerprint density at radius 3 is 2.55 bits per heavy atom. The summed E-state index contributed by atoms with van der Waals surface area (Å²) in [5.74, 6) is -1.19. The van der Waals surface area contributed by atoms with Crippen molar-refractivity contribution in [2.75, 3.05) is 0 Å². The fraction of sp³-hybridized carbons (Fsp3) is 0.308. The van der Waals surface area contributed by atoms with E-state index in [2.05, 4.69) is 57.9 Å². The second kappa shape index (κ2) is 6.77. The monoisotopic (exact) mass is 495 g/mol. The summed E-state index contributed by atoms with van der Waals surface area (Å²) in [5.41, 5.74) is -1.21. The average Bonchev–Trinajstić information content (AvgIpc) is 2.98. The first-order chi connectivity index (χ1) is 10.3. The normalized spacial score (nSPS) is 15.3. The average molecular weight is 498 g/mol. The number of carbonyl (C=O) groups is 1. The van der Waals surface area contributed by atoms with Gasteiger partial charge in [0, 0.05) is 19.0 Å². The Kier molecular flexibility index (Phi) is 5.41. The van der Waals surface area contributed by atoms with Crippen molar-refractivity contribution in [2.45, 2.75) is 25.0 Å². The van der Waals surface area contributed by atoms with Gasteiger partial charge in [-0.3, -0.25) is 0 Å². The number of aromatic nitrogens is 3. The van der Waals surface area contributed by atoms with E-state index in [1.54, 1.807) is 19.1 Å². The molecule has 22 heavy (non-hydrogen) atoms. The Balaban J connectivity index is 2.66. The van der Waals surface area contributed by atoms with Crippen LogP contribution in [0.1, 0.15) is 24.9 Å². The maximum absolute atomic E-state index is 11.8. The van der Waals surface area contributed by atoms with E-state index in [1.165, 1.54) is 12.7 Å². The van der Waals surface area contributed by atoms with Gasteiger partial charge in [0.25, 0.3) is 0 Å². The molecule has 0 aliphatic carbocycles. The van der Waals surface area contributed by atoms with Crippen molar-refractivity contribution in [1.29, 1.82) is 0 Å². The van der Waals surface area contributed by atoms with Crippen LogP contribution in [0.15, 0.2) is 38.2 Å². The van der Waals surface area contributed by atoms with Crippen molar-refractivity contribution in [2.24, 2.45) is 0 Å². The molecule has 2 unspecified atom stereocenters. The third-order valence-electron chi connectivity index (χ3n) is 3.43. The van der Waals surface area contributed by atoms with E-state index >= 15 is 0 Å². The summed E-state index contributed by atoms with van der Waals surface area (Å²) in [6, 6.07) is 2.12. The topological polar surface area (TPSA) is 88.2 Å². The Morgan fingerprint density at radius 2 is 2.05 bits per heavy atom. The Hall–Kier alpha value is -0.770. The van der Waals surface area contributed by atoms with Crippen LogP contribution in [-0.2, 0) is 10.4 Å². The summed E-state index contributed by atoms with van der Waals surface area (Å²) in [7, 11) is 0. The van der Waals surface area contributed by atoms with Crippen LogP contribution in [0.2, 0.25) is 0 Å². The number of benzene rings is 1. The number of halogens is 3. The largest absolute Gasteiger partial charge is 0.480 e. The molecule has 0 aliphatic rings. The van der Waals surface area contributed by atoms with Crippen molar-refractivity contribution < 1.29 is 15.0 Å². The van der Waals surface area contributed by atoms with Gasteiger partial charge in [-0.1, -0.05) is 13.0 Å². The maximum Gasteiger partial charge on any atom is 0.331 e. The van der Waals surface area contributed by atoms with Gasteiger partial charge in [0.2, 0.25) is 0 Å². The van der Waals surface area contributed by atoms with E-state index in [0.29, 0.717) is 14.5 Å². The molecule has 1 aromatic carbocycles. The van der Waals surface area contributed by atoms with Crippen LogP contribution < -0.4 is 0 Å². The van der Waals surface area contributed by atoms with Crippen LogP contribution in [0.3, 0.4) is 0 Å². The van der Waals surface area contributed by atoms with Crippen molar-refractivity contribution in [1.82, 2.24) is 14.8 Å². The molecule has 0 fully saturated rings. The third kappa shape index (κ3) is 2.99. The zero-order valence-corrected chi connectivity index (χ0v) is 16.1. The number of hydrogen-bond donors (Lipinski definition) is 2. The standard InChI is InChI=1S/C13H12Br3N3O3/c1-2-13(22,7-3-4-8(14)10(16)9(7)15)11(12(20)21)19-6-17-5-18-19/h3-6,11,22H,2H2,1H3,(H,20,21). The fourth-order valence-corrected chi connectivity index (χ4v) is 3.91. The van der Waals surface area contributed by atoms with E-state index in [0.717, 1.165) is 9.15 Å². The second-order valence-electron chi connectivity index (χ2n) is 4.62. The van der Waals surface area contributed by atoms with Crippen LogP contribution >= 0.6 is 47.8 Å². The SMILES string of the molecule is CCC(O)(c1ccc(Br)c(Br)c1Br)C(C(=O)O)n1cncn1. The third-order valence-corrected chi connectivity index (χ3v) is 6.80. The van der Waals surface area contributed by atoms with E-state index < -0.39 is 17.6 Å². The highest BCUT2D eigenvalue weighted by Crippen LogP contribution is 2.44. The molecular formula is C13H12Br3N3O3. The van der Waals surface area contributed by atoms with Crippen molar-refractivity contribution >= 4 is 53.8 Å². The molecule has 2 N–H and O–H groups in total. The first-order valence-corrected chi connectivity index (χ1v) is 8.64. The van der Waals surface area contributed by atoms with Gasteiger partial charge in [0.1, 0.15) is 18.3 Å². The number of nitrogens with zero attached hydrogens (tertiary/aromatic N) is 3. The molecule has 0 amide bonds. The number of aliphatic carboxylic acids is 1. The molecule has 0 spiro atoms. The van der Waals surface area contributed by atoms with Gasteiger partial charge in [-0.25, -0.2) is 14.5 Å². The minimum Gasteiger partial charge on any atom is -0.480 e. The molecule has 2 atom stereocenters. The van der Waals surface area contributed by atoms with Crippen molar-refractivity contribution in [3.05, 3.63) is 43.8 Å². The Morgan fingerprint density at radius 1 is 1.36 bits per heavy atom. The number of carboxylic acid groups (broad SMARTS) is 1. The predicted octanol–water partition coefficient (Wildman–Crippen LogP) is 3.49. The first kappa shape index (κ1) is 17.6. The predicted molar refractivity (Wildman–Crippen MR) is 90.4 cm³/mol. The van der Waals surface area contributed by atoms with Gasteiger partial charge in [0.05, 0.1) is 0 Å². The molecule has 1 aromatic heterocycles. The molecule has 0 bridgehead atoms. The molecular weight excluding hydrogens is 486 g/mol. The second-order valence-corrected chi connectivity index (χ2v) is 7.06. The zero-order valence-electron chi connectivity index (χ0n) is 11.4. The zero-order chi connectivity index (χ0) is 16.5. The lowest BCUT2D eigenvalue weighted by Gasteiger charge is -2.34. The molecule has 2 rings (SSSR count). The molecule has 0 saturated carbocycles. The van der Waals surface area contributed by atoms with Crippen LogP contribution in [0.5, 0.6) is 0 Å². The minimum absolute atomic E-state index is 0.177. The molecule has 0 radical (unpaired) electrons. The lowest BCUT2D eigenvalue weighted by Crippen LogP contribution is -2.41. The highest BCUT2D eigenvalue weighted by Gasteiger charge is 2.45. The highest BCUT2D eigenvalue weighted by atomic mass is 79.9. The van der Waals surface area contributed by atoms with Crippen LogP contribution in [-0.4, -0.2) is 30.9 Å². The molecule has 1 heterocycles. The number of rotatable bonds is 5. The summed E-state index contributed by atoms with van der Waals surface area (Å²) in [4.78, 5) is 15.5. The molecule has 118 valence electrons. The smallest absolute Gasteiger partial charge is 0.331 e. The number of aliphatic hydroxyl groups is 1. The van der Waals surface area contributed by atoms with Crippen molar-refractivity contribution in [3.63, 3.8) is 0 Å². The quantitative estimate of drug-likeness (QED) is 0.617. The van der Waals surface area contributed by atoms with E-state index in [-0.39, 0.29) is 6.42 Å². The molecule has 6 nitrogen and oxygen atoms in total. The van der Waals surface area contributed by atoms with E-state index in [9.17, 15) is 15.0 Å². The fourth-order valence-electron chi connectivity index (χ4n) is 2.28. The van der Waals surface area contributed by atoms with Crippen LogP contribution in [0.25, 0.3) is 0 Å². The molecule has 0 aliphatic heterocycles. The van der Waals surface area contributed by atoms with Crippen molar-refractivity contribution in [3.8, 4) is 0 Å². The number of hydrogen-bond acceptors (Lipinski definition) is 4. The summed E-state index contributed by atoms with van der Waals surface area (Å²) < 4.78 is 3.21. The molecule has 9 heteroatoms. The first-order valence-electron chi connectivity index (χ1n) is 6.26. The number of carboxylic acids is 1. The summed E-state index contributed by atoms with van der Waals surface area (Å²) >= 11 is 10.2. The van der Waals surface area contributed by atoms with Gasteiger partial charge < -0.3 is 10.2 Å². The maximum atomic E-state index is 11.8. The van der Waals surface area contributed by atoms with E-state index in [4.69, 9.17) is 0 Å². The van der Waals surface area contributed by atoms with Gasteiger partial charge in [-0.15, -0.1) is 0 Å². The Labute approximate surface area is 151 Å². The van der Waals surface area contributed by atoms with E-state index in [1.807, 2.05) is 0 Å². The Bertz CT molecular complexity index is 693. The summed E-state index contributed by atoms with van der Waals surface area (Å²) in [6.07, 6.45) is 2.69. The van der Waals surface area contributed by atoms with Gasteiger partial charge in [-0.05, 0) is 60.3 Å². The summed E-state index contributed by atoms with van der Waals surface area (Å²) in [5, 5.41) is 24.6. The highest BCUT2D eigenvalue weighted by molar-refractivity contribution is 9.14. The minimum atomic E-state index is -1.67. The van der Waals surface area contributed by atoms with Gasteiger partial charge in [0.15, 0.2) is 6.04 Å². The summed E-state index contributed by atoms with van der Waals surface area (Å²) in [6.45, 7) is 1.72. The van der Waals surface area contributed by atoms with Gasteiger partial charge in [-0.2, -0.15) is 5.10 Å².